The first-order valence-electron chi connectivity index (χ1n) is 9.38. The molecule has 0 fully saturated rings. The summed E-state index contributed by atoms with van der Waals surface area (Å²) < 4.78 is 18.3. The van der Waals surface area contributed by atoms with Crippen molar-refractivity contribution in [1.82, 2.24) is 5.32 Å². The van der Waals surface area contributed by atoms with Crippen LogP contribution in [0.2, 0.25) is 0 Å². The minimum absolute atomic E-state index is 0.125. The number of esters is 1. The molecule has 3 rings (SSSR count). The number of hydrogen-bond donors (Lipinski definition) is 1. The van der Waals surface area contributed by atoms with E-state index in [0.29, 0.717) is 5.56 Å². The zero-order valence-corrected chi connectivity index (χ0v) is 16.1. The highest BCUT2D eigenvalue weighted by atomic mass is 19.1. The van der Waals surface area contributed by atoms with E-state index in [9.17, 15) is 18.8 Å². The van der Waals surface area contributed by atoms with Crippen molar-refractivity contribution in [3.63, 3.8) is 0 Å². The Morgan fingerprint density at radius 1 is 0.833 bits per heavy atom. The normalized spacial score (nSPS) is 11.4. The van der Waals surface area contributed by atoms with Crippen LogP contribution in [-0.4, -0.2) is 24.3 Å². The smallest absolute Gasteiger partial charge is 0.308 e. The van der Waals surface area contributed by atoms with Gasteiger partial charge in [0, 0.05) is 11.1 Å². The first-order chi connectivity index (χ1) is 14.5. The van der Waals surface area contributed by atoms with Gasteiger partial charge < -0.3 is 10.1 Å². The number of carbonyl (C=O) groups is 3. The van der Waals surface area contributed by atoms with Crippen molar-refractivity contribution in [3.8, 4) is 0 Å². The Balaban J connectivity index is 1.64. The Kier molecular flexibility index (Phi) is 7.05. The first-order valence-corrected chi connectivity index (χ1v) is 9.38. The van der Waals surface area contributed by atoms with Crippen LogP contribution in [0, 0.1) is 5.82 Å². The molecule has 5 nitrogen and oxygen atoms in total. The third-order valence-electron chi connectivity index (χ3n) is 4.42. The van der Waals surface area contributed by atoms with Crippen LogP contribution in [0.1, 0.15) is 38.7 Å². The number of ether oxygens (including phenoxy) is 1. The zero-order valence-electron chi connectivity index (χ0n) is 16.1. The van der Waals surface area contributed by atoms with Gasteiger partial charge in [0.25, 0.3) is 5.91 Å². The molecule has 3 aromatic rings. The highest BCUT2D eigenvalue weighted by Gasteiger charge is 2.21. The summed E-state index contributed by atoms with van der Waals surface area (Å²) >= 11 is 0. The molecule has 1 N–H and O–H groups in total. The lowest BCUT2D eigenvalue weighted by atomic mass is 10.0. The number of ketones is 1. The number of Topliss-reactive ketones (excluding diaryl/α,β-unsaturated/α-hetero) is 1. The molecule has 1 atom stereocenters. The predicted octanol–water partition coefficient (Wildman–Crippen LogP) is 4.11. The van der Waals surface area contributed by atoms with Crippen LogP contribution in [0.4, 0.5) is 4.39 Å². The maximum absolute atomic E-state index is 13.2. The number of hydrogen-bond acceptors (Lipinski definition) is 4. The topological polar surface area (TPSA) is 72.5 Å². The fraction of sp³-hybridized carbons (Fsp3) is 0.125. The minimum Gasteiger partial charge on any atom is -0.457 e. The van der Waals surface area contributed by atoms with Crippen molar-refractivity contribution in [2.24, 2.45) is 0 Å². The highest BCUT2D eigenvalue weighted by molar-refractivity contribution is 5.98. The summed E-state index contributed by atoms with van der Waals surface area (Å²) in [5.74, 6) is -2.03. The summed E-state index contributed by atoms with van der Waals surface area (Å²) in [4.78, 5) is 37.0. The molecular weight excluding hydrogens is 385 g/mol. The molecule has 0 aliphatic heterocycles. The number of rotatable bonds is 8. The van der Waals surface area contributed by atoms with Gasteiger partial charge in [-0.25, -0.2) is 4.39 Å². The summed E-state index contributed by atoms with van der Waals surface area (Å²) in [6.07, 6.45) is -0.154. The summed E-state index contributed by atoms with van der Waals surface area (Å²) in [5, 5.41) is 2.83. The van der Waals surface area contributed by atoms with Crippen LogP contribution in [0.25, 0.3) is 0 Å². The van der Waals surface area contributed by atoms with E-state index in [2.05, 4.69) is 5.32 Å². The first kappa shape index (κ1) is 20.9. The van der Waals surface area contributed by atoms with Crippen LogP contribution in [-0.2, 0) is 9.53 Å². The van der Waals surface area contributed by atoms with Crippen molar-refractivity contribution in [2.75, 3.05) is 6.61 Å². The Bertz CT molecular complexity index is 1020. The van der Waals surface area contributed by atoms with Crippen LogP contribution in [0.3, 0.4) is 0 Å². The lowest BCUT2D eigenvalue weighted by Crippen LogP contribution is -2.31. The lowest BCUT2D eigenvalue weighted by molar-refractivity contribution is -0.143. The molecule has 0 aliphatic rings. The SMILES string of the molecule is O=C(C[C@H](NC(=O)c1ccccc1)c1ccccc1)OCC(=O)c1cccc(F)c1. The van der Waals surface area contributed by atoms with Crippen LogP contribution in [0.5, 0.6) is 0 Å². The maximum atomic E-state index is 13.2. The Hall–Kier alpha value is -3.80. The highest BCUT2D eigenvalue weighted by Crippen LogP contribution is 2.18. The Morgan fingerprint density at radius 3 is 2.13 bits per heavy atom. The van der Waals surface area contributed by atoms with Crippen molar-refractivity contribution < 1.29 is 23.5 Å². The molecule has 1 amide bonds. The Labute approximate surface area is 173 Å². The van der Waals surface area contributed by atoms with Gasteiger partial charge in [0.05, 0.1) is 12.5 Å². The van der Waals surface area contributed by atoms with Gasteiger partial charge in [-0.3, -0.25) is 14.4 Å². The molecule has 0 saturated carbocycles. The number of benzene rings is 3. The molecule has 6 heteroatoms. The molecule has 0 spiro atoms. The summed E-state index contributed by atoms with van der Waals surface area (Å²) in [5.41, 5.74) is 1.32. The largest absolute Gasteiger partial charge is 0.457 e. The fourth-order valence-electron chi connectivity index (χ4n) is 2.89. The average molecular weight is 405 g/mol. The van der Waals surface area contributed by atoms with E-state index in [0.717, 1.165) is 11.6 Å². The molecule has 0 aromatic heterocycles. The van der Waals surface area contributed by atoms with E-state index in [1.165, 1.54) is 18.2 Å². The second-order valence-corrected chi connectivity index (χ2v) is 6.60. The van der Waals surface area contributed by atoms with Crippen LogP contribution >= 0.6 is 0 Å². The second-order valence-electron chi connectivity index (χ2n) is 6.60. The van der Waals surface area contributed by atoms with Crippen molar-refractivity contribution in [3.05, 3.63) is 107 Å². The van der Waals surface area contributed by atoms with E-state index in [4.69, 9.17) is 4.74 Å². The molecule has 0 bridgehead atoms. The summed E-state index contributed by atoms with van der Waals surface area (Å²) in [7, 11) is 0. The standard InChI is InChI=1S/C24H20FNO4/c25-20-13-7-12-19(14-20)22(27)16-30-23(28)15-21(17-8-3-1-4-9-17)26-24(29)18-10-5-2-6-11-18/h1-14,21H,15-16H2,(H,26,29)/t21-/m0/s1. The summed E-state index contributed by atoms with van der Waals surface area (Å²) in [6, 6.07) is 22.2. The summed E-state index contributed by atoms with van der Waals surface area (Å²) in [6.45, 7) is -0.504. The fourth-order valence-corrected chi connectivity index (χ4v) is 2.89. The molecule has 0 radical (unpaired) electrons. The molecule has 3 aromatic carbocycles. The molecule has 30 heavy (non-hydrogen) atoms. The number of amides is 1. The Morgan fingerprint density at radius 2 is 1.47 bits per heavy atom. The quantitative estimate of drug-likeness (QED) is 0.452. The van der Waals surface area contributed by atoms with Crippen LogP contribution < -0.4 is 5.32 Å². The third kappa shape index (κ3) is 5.85. The van der Waals surface area contributed by atoms with Crippen LogP contribution in [0.15, 0.2) is 84.9 Å². The molecule has 0 unspecified atom stereocenters. The zero-order chi connectivity index (χ0) is 21.3. The molecule has 0 aliphatic carbocycles. The molecular formula is C24H20FNO4. The number of carbonyl (C=O) groups excluding carboxylic acids is 3. The van der Waals surface area contributed by atoms with E-state index in [1.807, 2.05) is 6.07 Å². The average Bonchev–Trinajstić information content (AvgIpc) is 2.78. The lowest BCUT2D eigenvalue weighted by Gasteiger charge is -2.18. The number of halogens is 1. The van der Waals surface area contributed by atoms with Gasteiger partial charge in [-0.2, -0.15) is 0 Å². The van der Waals surface area contributed by atoms with E-state index in [-0.39, 0.29) is 17.9 Å². The van der Waals surface area contributed by atoms with Gasteiger partial charge in [0.1, 0.15) is 5.82 Å². The van der Waals surface area contributed by atoms with Gasteiger partial charge in [0.15, 0.2) is 12.4 Å². The second kappa shape index (κ2) is 10.1. The monoisotopic (exact) mass is 405 g/mol. The molecule has 0 heterocycles. The predicted molar refractivity (Wildman–Crippen MR) is 109 cm³/mol. The van der Waals surface area contributed by atoms with Gasteiger partial charge in [0.2, 0.25) is 0 Å². The van der Waals surface area contributed by atoms with E-state index in [1.54, 1.807) is 54.6 Å². The van der Waals surface area contributed by atoms with Crippen molar-refractivity contribution in [1.29, 1.82) is 0 Å². The van der Waals surface area contributed by atoms with E-state index < -0.39 is 30.2 Å². The molecule has 152 valence electrons. The van der Waals surface area contributed by atoms with Gasteiger partial charge in [-0.15, -0.1) is 0 Å². The van der Waals surface area contributed by atoms with E-state index >= 15 is 0 Å². The third-order valence-corrected chi connectivity index (χ3v) is 4.42. The minimum atomic E-state index is -0.651. The van der Waals surface area contributed by atoms with Gasteiger partial charge in [-0.05, 0) is 29.8 Å². The van der Waals surface area contributed by atoms with Crippen molar-refractivity contribution in [2.45, 2.75) is 12.5 Å². The number of nitrogens with one attached hydrogen (secondary N) is 1. The molecule has 0 saturated heterocycles. The van der Waals surface area contributed by atoms with Gasteiger partial charge >= 0.3 is 5.97 Å². The van der Waals surface area contributed by atoms with Gasteiger partial charge in [-0.1, -0.05) is 60.7 Å². The maximum Gasteiger partial charge on any atom is 0.308 e. The van der Waals surface area contributed by atoms with Crippen molar-refractivity contribution >= 4 is 17.7 Å².